The molecule has 0 saturated heterocycles. The van der Waals surface area contributed by atoms with Gasteiger partial charge in [-0.05, 0) is 52.9 Å². The number of hydrogen-bond donors (Lipinski definition) is 0. The van der Waals surface area contributed by atoms with Gasteiger partial charge in [-0.25, -0.2) is 0 Å². The lowest BCUT2D eigenvalue weighted by Crippen LogP contribution is -2.17. The molecule has 0 N–H and O–H groups in total. The molecule has 5 rings (SSSR count). The van der Waals surface area contributed by atoms with Crippen molar-refractivity contribution in [3.8, 4) is 0 Å². The van der Waals surface area contributed by atoms with Gasteiger partial charge in [0.15, 0.2) is 5.78 Å². The van der Waals surface area contributed by atoms with E-state index in [0.29, 0.717) is 13.0 Å². The summed E-state index contributed by atoms with van der Waals surface area (Å²) >= 11 is 0. The lowest BCUT2D eigenvalue weighted by Gasteiger charge is -2.22. The van der Waals surface area contributed by atoms with Crippen LogP contribution in [0.15, 0.2) is 71.5 Å². The van der Waals surface area contributed by atoms with Gasteiger partial charge in [-0.3, -0.25) is 14.8 Å². The van der Waals surface area contributed by atoms with Gasteiger partial charge in [0.05, 0.1) is 12.3 Å². The zero-order valence-electron chi connectivity index (χ0n) is 16.6. The van der Waals surface area contributed by atoms with Crippen LogP contribution in [0, 0.1) is 6.92 Å². The minimum atomic E-state index is 0.0840. The largest absolute Gasteiger partial charge is 0.294 e. The second-order valence-corrected chi connectivity index (χ2v) is 7.90. The predicted octanol–water partition coefficient (Wildman–Crippen LogP) is 5.05. The van der Waals surface area contributed by atoms with Crippen molar-refractivity contribution in [3.63, 3.8) is 0 Å². The minimum Gasteiger partial charge on any atom is -0.294 e. The Morgan fingerprint density at radius 1 is 1.00 bits per heavy atom. The average molecular weight is 378 g/mol. The van der Waals surface area contributed by atoms with Crippen molar-refractivity contribution < 1.29 is 4.79 Å². The lowest BCUT2D eigenvalue weighted by atomic mass is 9.81. The van der Waals surface area contributed by atoms with Crippen molar-refractivity contribution >= 4 is 17.6 Å². The molecule has 2 aromatic carbocycles. The van der Waals surface area contributed by atoms with Crippen molar-refractivity contribution in [1.29, 1.82) is 0 Å². The van der Waals surface area contributed by atoms with E-state index in [0.717, 1.165) is 33.5 Å². The number of allylic oxidation sites excluding steroid dienone is 1. The van der Waals surface area contributed by atoms with Gasteiger partial charge in [0.25, 0.3) is 0 Å². The number of ketones is 1. The molecule has 3 aromatic rings. The van der Waals surface area contributed by atoms with E-state index in [1.807, 2.05) is 36.7 Å². The average Bonchev–Trinajstić information content (AvgIpc) is 3.14. The molecule has 2 heterocycles. The number of pyridine rings is 1. The molecule has 0 spiro atoms. The highest BCUT2D eigenvalue weighted by molar-refractivity contribution is 6.16. The maximum atomic E-state index is 12.9. The monoisotopic (exact) mass is 378 g/mol. The van der Waals surface area contributed by atoms with Crippen molar-refractivity contribution in [2.24, 2.45) is 4.99 Å². The Bertz CT molecular complexity index is 1190. The minimum absolute atomic E-state index is 0.0840. The van der Waals surface area contributed by atoms with Crippen LogP contribution in [0.4, 0.5) is 0 Å². The molecule has 1 aromatic heterocycles. The first-order valence-corrected chi connectivity index (χ1v) is 10.0. The van der Waals surface area contributed by atoms with Crippen molar-refractivity contribution in [2.45, 2.75) is 32.7 Å². The summed E-state index contributed by atoms with van der Waals surface area (Å²) in [7, 11) is 0. The summed E-state index contributed by atoms with van der Waals surface area (Å²) in [6, 6.07) is 16.7. The SMILES string of the molecule is Cc1cnccc1C1=NCc2cc3c(cc21)C=C(C(C)c1ccccc1)C(=O)C3. The van der Waals surface area contributed by atoms with E-state index in [4.69, 9.17) is 4.99 Å². The van der Waals surface area contributed by atoms with E-state index in [9.17, 15) is 4.79 Å². The number of aromatic nitrogens is 1. The molecule has 1 atom stereocenters. The number of fused-ring (bicyclic) bond motifs is 2. The van der Waals surface area contributed by atoms with Gasteiger partial charge in [0, 0.05) is 41.4 Å². The van der Waals surface area contributed by atoms with Crippen LogP contribution in [-0.4, -0.2) is 16.5 Å². The van der Waals surface area contributed by atoms with Crippen LogP contribution < -0.4 is 0 Å². The Morgan fingerprint density at radius 3 is 2.62 bits per heavy atom. The van der Waals surface area contributed by atoms with E-state index in [-0.39, 0.29) is 11.7 Å². The molecule has 142 valence electrons. The smallest absolute Gasteiger partial charge is 0.163 e. The first-order chi connectivity index (χ1) is 14.1. The third-order valence-corrected chi connectivity index (χ3v) is 6.05. The van der Waals surface area contributed by atoms with Gasteiger partial charge >= 0.3 is 0 Å². The second-order valence-electron chi connectivity index (χ2n) is 7.90. The highest BCUT2D eigenvalue weighted by atomic mass is 16.1. The van der Waals surface area contributed by atoms with Gasteiger partial charge in [-0.15, -0.1) is 0 Å². The van der Waals surface area contributed by atoms with Crippen LogP contribution in [-0.2, 0) is 17.8 Å². The first-order valence-electron chi connectivity index (χ1n) is 10.0. The van der Waals surface area contributed by atoms with Crippen LogP contribution in [0.3, 0.4) is 0 Å². The highest BCUT2D eigenvalue weighted by Crippen LogP contribution is 2.35. The standard InChI is InChI=1S/C26H22N2O/c1-16-14-27-9-8-22(16)26-24-12-20-11-23(17(2)18-6-4-3-5-7-18)25(29)13-19(20)10-21(24)15-28-26/h3-12,14,17H,13,15H2,1-2H3. The Hall–Kier alpha value is -3.33. The van der Waals surface area contributed by atoms with Crippen LogP contribution in [0.25, 0.3) is 6.08 Å². The molecular formula is C26H22N2O. The predicted molar refractivity (Wildman–Crippen MR) is 116 cm³/mol. The summed E-state index contributed by atoms with van der Waals surface area (Å²) in [5, 5.41) is 0. The zero-order valence-corrected chi connectivity index (χ0v) is 16.6. The Kier molecular flexibility index (Phi) is 4.24. The molecule has 3 nitrogen and oxygen atoms in total. The van der Waals surface area contributed by atoms with Crippen LogP contribution in [0.1, 0.15) is 51.8 Å². The van der Waals surface area contributed by atoms with Crippen LogP contribution in [0.2, 0.25) is 0 Å². The summed E-state index contributed by atoms with van der Waals surface area (Å²) in [4.78, 5) is 21.9. The number of nitrogens with zero attached hydrogens (tertiary/aromatic N) is 2. The number of aliphatic imine (C=N–C) groups is 1. The topological polar surface area (TPSA) is 42.3 Å². The summed E-state index contributed by atoms with van der Waals surface area (Å²) in [6.07, 6.45) is 6.26. The summed E-state index contributed by atoms with van der Waals surface area (Å²) in [5.41, 5.74) is 9.99. The number of carbonyl (C=O) groups is 1. The summed E-state index contributed by atoms with van der Waals surface area (Å²) in [5.74, 6) is 0.304. The number of benzene rings is 2. The lowest BCUT2D eigenvalue weighted by molar-refractivity contribution is -0.115. The van der Waals surface area contributed by atoms with Gasteiger partial charge in [-0.1, -0.05) is 43.3 Å². The fourth-order valence-electron chi connectivity index (χ4n) is 4.38. The maximum absolute atomic E-state index is 12.9. The van der Waals surface area contributed by atoms with Gasteiger partial charge < -0.3 is 0 Å². The van der Waals surface area contributed by atoms with Gasteiger partial charge in [0.2, 0.25) is 0 Å². The molecular weight excluding hydrogens is 356 g/mol. The van der Waals surface area contributed by atoms with E-state index in [2.05, 4.69) is 49.2 Å². The van der Waals surface area contributed by atoms with Crippen molar-refractivity contribution in [1.82, 2.24) is 4.98 Å². The van der Waals surface area contributed by atoms with E-state index in [1.54, 1.807) is 0 Å². The van der Waals surface area contributed by atoms with E-state index in [1.165, 1.54) is 16.7 Å². The number of hydrogen-bond acceptors (Lipinski definition) is 3. The summed E-state index contributed by atoms with van der Waals surface area (Å²) in [6.45, 7) is 4.86. The number of carbonyl (C=O) groups excluding carboxylic acids is 1. The fourth-order valence-corrected chi connectivity index (χ4v) is 4.38. The van der Waals surface area contributed by atoms with E-state index >= 15 is 0 Å². The fraction of sp³-hybridized carbons (Fsp3) is 0.192. The Morgan fingerprint density at radius 2 is 1.83 bits per heavy atom. The first kappa shape index (κ1) is 17.7. The molecule has 0 amide bonds. The molecule has 29 heavy (non-hydrogen) atoms. The van der Waals surface area contributed by atoms with Crippen molar-refractivity contribution in [3.05, 3.63) is 105 Å². The van der Waals surface area contributed by atoms with Gasteiger partial charge in [0.1, 0.15) is 0 Å². The summed E-state index contributed by atoms with van der Waals surface area (Å²) < 4.78 is 0. The van der Waals surface area contributed by atoms with Crippen molar-refractivity contribution in [2.75, 3.05) is 0 Å². The molecule has 0 fully saturated rings. The van der Waals surface area contributed by atoms with Gasteiger partial charge in [-0.2, -0.15) is 0 Å². The molecule has 0 bridgehead atoms. The maximum Gasteiger partial charge on any atom is 0.163 e. The normalized spacial score (nSPS) is 16.0. The molecule has 1 aliphatic carbocycles. The third kappa shape index (κ3) is 3.03. The Balaban J connectivity index is 1.57. The highest BCUT2D eigenvalue weighted by Gasteiger charge is 2.27. The molecule has 2 aliphatic rings. The van der Waals surface area contributed by atoms with Crippen LogP contribution in [0.5, 0.6) is 0 Å². The second kappa shape index (κ2) is 6.93. The Labute approximate surface area is 170 Å². The third-order valence-electron chi connectivity index (χ3n) is 6.05. The molecule has 0 radical (unpaired) electrons. The molecule has 3 heteroatoms. The molecule has 0 saturated carbocycles. The number of rotatable bonds is 3. The quantitative estimate of drug-likeness (QED) is 0.640. The van der Waals surface area contributed by atoms with E-state index < -0.39 is 0 Å². The molecule has 1 aliphatic heterocycles. The number of Topliss-reactive ketones (excluding diaryl/α,β-unsaturated/α-hetero) is 1. The molecule has 1 unspecified atom stereocenters. The number of aryl methyl sites for hydroxylation is 1. The zero-order chi connectivity index (χ0) is 20.0. The van der Waals surface area contributed by atoms with Crippen LogP contribution >= 0.6 is 0 Å².